The molecule has 10 heavy (non-hydrogen) atoms. The minimum absolute atomic E-state index is 0.300. The maximum Gasteiger partial charge on any atom is 0.141 e. The molecule has 2 nitrogen and oxygen atoms in total. The highest BCUT2D eigenvalue weighted by Gasteiger charge is 2.04. The lowest BCUT2D eigenvalue weighted by Gasteiger charge is -2.01. The average Bonchev–Trinajstić information content (AvgIpc) is 2.05. The van der Waals surface area contributed by atoms with E-state index < -0.39 is 0 Å². The molecule has 0 radical (unpaired) electrons. The third-order valence-corrected chi connectivity index (χ3v) is 2.28. The molecule has 1 rings (SSSR count). The maximum atomic E-state index is 4.09. The van der Waals surface area contributed by atoms with E-state index in [1.54, 1.807) is 12.4 Å². The molecule has 0 fully saturated rings. The molecule has 0 amide bonds. The predicted molar refractivity (Wildman–Crippen MR) is 44.0 cm³/mol. The fraction of sp³-hybridized carbons (Fsp3) is 0.429. The number of aromatic nitrogens is 2. The van der Waals surface area contributed by atoms with Gasteiger partial charge >= 0.3 is 0 Å². The molecule has 0 spiro atoms. The van der Waals surface area contributed by atoms with Crippen LogP contribution in [0.3, 0.4) is 0 Å². The topological polar surface area (TPSA) is 25.8 Å². The van der Waals surface area contributed by atoms with E-state index >= 15 is 0 Å². The second kappa shape index (κ2) is 3.66. The number of nitrogens with zero attached hydrogens (tertiary/aromatic N) is 2. The first-order valence-electron chi connectivity index (χ1n) is 3.25. The normalized spacial score (nSPS) is 13.0. The number of alkyl halides is 1. The van der Waals surface area contributed by atoms with Crippen LogP contribution in [0.25, 0.3) is 0 Å². The Labute approximate surface area is 68.8 Å². The van der Waals surface area contributed by atoms with Crippen molar-refractivity contribution in [3.63, 3.8) is 0 Å². The molecule has 0 aliphatic carbocycles. The summed E-state index contributed by atoms with van der Waals surface area (Å²) >= 11 is 3.46. The molecular formula is C7H9BrN2. The Morgan fingerprint density at radius 2 is 2.10 bits per heavy atom. The molecule has 3 heteroatoms. The largest absolute Gasteiger partial charge is 0.240 e. The van der Waals surface area contributed by atoms with Gasteiger partial charge in [0, 0.05) is 12.4 Å². The van der Waals surface area contributed by atoms with E-state index in [0.29, 0.717) is 4.83 Å². The fourth-order valence-corrected chi connectivity index (χ4v) is 0.891. The summed E-state index contributed by atoms with van der Waals surface area (Å²) in [6, 6.07) is 1.82. The Morgan fingerprint density at radius 1 is 1.50 bits per heavy atom. The standard InChI is InChI=1S/C7H9BrN2/c1-2-6(8)7-9-4-3-5-10-7/h3-6H,2H2,1H3/t6-/m1/s1. The van der Waals surface area contributed by atoms with E-state index in [0.717, 1.165) is 12.2 Å². The summed E-state index contributed by atoms with van der Waals surface area (Å²) in [6.45, 7) is 2.09. The van der Waals surface area contributed by atoms with Crippen LogP contribution < -0.4 is 0 Å². The van der Waals surface area contributed by atoms with Crippen LogP contribution >= 0.6 is 15.9 Å². The molecule has 1 aromatic heterocycles. The summed E-state index contributed by atoms with van der Waals surface area (Å²) in [5, 5.41) is 0. The lowest BCUT2D eigenvalue weighted by molar-refractivity contribution is 0.826. The van der Waals surface area contributed by atoms with Gasteiger partial charge in [0.25, 0.3) is 0 Å². The molecule has 0 unspecified atom stereocenters. The summed E-state index contributed by atoms with van der Waals surface area (Å²) in [6.07, 6.45) is 4.53. The van der Waals surface area contributed by atoms with E-state index in [9.17, 15) is 0 Å². The Morgan fingerprint density at radius 3 is 2.60 bits per heavy atom. The first-order chi connectivity index (χ1) is 4.84. The molecule has 0 saturated heterocycles. The van der Waals surface area contributed by atoms with Crippen LogP contribution in [0.1, 0.15) is 24.0 Å². The highest BCUT2D eigenvalue weighted by molar-refractivity contribution is 9.09. The summed E-state index contributed by atoms with van der Waals surface area (Å²) < 4.78 is 0. The molecule has 1 aromatic rings. The van der Waals surface area contributed by atoms with Gasteiger partial charge in [0.05, 0.1) is 4.83 Å². The first-order valence-corrected chi connectivity index (χ1v) is 4.17. The number of hydrogen-bond acceptors (Lipinski definition) is 2. The van der Waals surface area contributed by atoms with Crippen molar-refractivity contribution in [2.75, 3.05) is 0 Å². The van der Waals surface area contributed by atoms with Crippen molar-refractivity contribution in [2.45, 2.75) is 18.2 Å². The smallest absolute Gasteiger partial charge is 0.141 e. The zero-order valence-corrected chi connectivity index (χ0v) is 7.37. The SMILES string of the molecule is CC[C@@H](Br)c1ncccn1. The van der Waals surface area contributed by atoms with Crippen molar-refractivity contribution in [2.24, 2.45) is 0 Å². The van der Waals surface area contributed by atoms with Gasteiger partial charge in [-0.1, -0.05) is 22.9 Å². The van der Waals surface area contributed by atoms with Gasteiger partial charge in [-0.15, -0.1) is 0 Å². The van der Waals surface area contributed by atoms with Crippen molar-refractivity contribution in [3.05, 3.63) is 24.3 Å². The first kappa shape index (κ1) is 7.66. The van der Waals surface area contributed by atoms with Gasteiger partial charge in [0.1, 0.15) is 5.82 Å². The molecular weight excluding hydrogens is 192 g/mol. The second-order valence-electron chi connectivity index (χ2n) is 1.98. The minimum Gasteiger partial charge on any atom is -0.240 e. The van der Waals surface area contributed by atoms with E-state index in [1.165, 1.54) is 0 Å². The molecule has 0 aromatic carbocycles. The van der Waals surface area contributed by atoms with Gasteiger partial charge in [-0.05, 0) is 12.5 Å². The summed E-state index contributed by atoms with van der Waals surface area (Å²) in [5.74, 6) is 0.866. The maximum absolute atomic E-state index is 4.09. The molecule has 54 valence electrons. The quantitative estimate of drug-likeness (QED) is 0.686. The lowest BCUT2D eigenvalue weighted by atomic mass is 10.3. The Balaban J connectivity index is 2.75. The minimum atomic E-state index is 0.300. The summed E-state index contributed by atoms with van der Waals surface area (Å²) in [4.78, 5) is 8.48. The summed E-state index contributed by atoms with van der Waals surface area (Å²) in [5.41, 5.74) is 0. The molecule has 0 N–H and O–H groups in total. The Hall–Kier alpha value is -0.440. The predicted octanol–water partition coefficient (Wildman–Crippen LogP) is 2.32. The molecule has 0 aliphatic heterocycles. The lowest BCUT2D eigenvalue weighted by Crippen LogP contribution is -1.94. The van der Waals surface area contributed by atoms with E-state index in [2.05, 4.69) is 32.8 Å². The van der Waals surface area contributed by atoms with Crippen LogP contribution in [0, 0.1) is 0 Å². The van der Waals surface area contributed by atoms with Crippen LogP contribution in [0.15, 0.2) is 18.5 Å². The highest BCUT2D eigenvalue weighted by Crippen LogP contribution is 2.21. The number of rotatable bonds is 2. The van der Waals surface area contributed by atoms with Crippen molar-refractivity contribution in [3.8, 4) is 0 Å². The van der Waals surface area contributed by atoms with Crippen LogP contribution in [0.2, 0.25) is 0 Å². The Bertz CT molecular complexity index is 188. The van der Waals surface area contributed by atoms with Gasteiger partial charge in [-0.3, -0.25) is 0 Å². The zero-order chi connectivity index (χ0) is 7.40. The molecule has 0 bridgehead atoms. The highest BCUT2D eigenvalue weighted by atomic mass is 79.9. The third-order valence-electron chi connectivity index (χ3n) is 1.22. The number of halogens is 1. The summed E-state index contributed by atoms with van der Waals surface area (Å²) in [7, 11) is 0. The average molecular weight is 201 g/mol. The van der Waals surface area contributed by atoms with Crippen LogP contribution in [-0.2, 0) is 0 Å². The zero-order valence-electron chi connectivity index (χ0n) is 5.79. The van der Waals surface area contributed by atoms with Crippen LogP contribution in [0.5, 0.6) is 0 Å². The van der Waals surface area contributed by atoms with E-state index in [1.807, 2.05) is 6.07 Å². The van der Waals surface area contributed by atoms with Crippen molar-refractivity contribution >= 4 is 15.9 Å². The molecule has 1 atom stereocenters. The van der Waals surface area contributed by atoms with Gasteiger partial charge in [-0.25, -0.2) is 9.97 Å². The van der Waals surface area contributed by atoms with Crippen molar-refractivity contribution in [1.82, 2.24) is 9.97 Å². The van der Waals surface area contributed by atoms with Crippen LogP contribution in [0.4, 0.5) is 0 Å². The Kier molecular flexibility index (Phi) is 2.81. The van der Waals surface area contributed by atoms with Crippen molar-refractivity contribution in [1.29, 1.82) is 0 Å². The van der Waals surface area contributed by atoms with Crippen molar-refractivity contribution < 1.29 is 0 Å². The van der Waals surface area contributed by atoms with Gasteiger partial charge in [0.15, 0.2) is 0 Å². The van der Waals surface area contributed by atoms with E-state index in [-0.39, 0.29) is 0 Å². The van der Waals surface area contributed by atoms with Gasteiger partial charge in [0.2, 0.25) is 0 Å². The van der Waals surface area contributed by atoms with E-state index in [4.69, 9.17) is 0 Å². The molecule has 1 heterocycles. The van der Waals surface area contributed by atoms with Crippen LogP contribution in [-0.4, -0.2) is 9.97 Å². The number of hydrogen-bond donors (Lipinski definition) is 0. The van der Waals surface area contributed by atoms with Gasteiger partial charge in [-0.2, -0.15) is 0 Å². The monoisotopic (exact) mass is 200 g/mol. The fourth-order valence-electron chi connectivity index (χ4n) is 0.655. The van der Waals surface area contributed by atoms with Gasteiger partial charge < -0.3 is 0 Å². The molecule has 0 aliphatic rings. The molecule has 0 saturated carbocycles. The second-order valence-corrected chi connectivity index (χ2v) is 3.09. The third kappa shape index (κ3) is 1.77.